The van der Waals surface area contributed by atoms with Gasteiger partial charge in [-0.2, -0.15) is 0 Å². The van der Waals surface area contributed by atoms with Crippen LogP contribution in [0.15, 0.2) is 24.5 Å². The number of nitrogens with zero attached hydrogens (tertiary/aromatic N) is 1. The van der Waals surface area contributed by atoms with Crippen LogP contribution in [0.25, 0.3) is 0 Å². The molecule has 1 aromatic heterocycles. The standard InChI is InChI=1S/C9H15NO7P2/c1-2-8-4-3-5-10(6-8)7-9(11,18(12,13)14)19(15,16)17/h3-6,11H,2,7H2,1H3,(H3-,12,13,14,15,16,17)/p+1. The lowest BCUT2D eigenvalue weighted by molar-refractivity contribution is -0.703. The molecule has 0 aliphatic carbocycles. The summed E-state index contributed by atoms with van der Waals surface area (Å²) < 4.78 is 23.5. The van der Waals surface area contributed by atoms with E-state index in [1.54, 1.807) is 12.1 Å². The first-order valence-corrected chi connectivity index (χ1v) is 8.55. The highest BCUT2D eigenvalue weighted by Crippen LogP contribution is 2.67. The fourth-order valence-electron chi connectivity index (χ4n) is 1.48. The Morgan fingerprint density at radius 2 is 1.74 bits per heavy atom. The molecule has 0 bridgehead atoms. The van der Waals surface area contributed by atoms with Crippen LogP contribution in [0.1, 0.15) is 12.5 Å². The Morgan fingerprint density at radius 1 is 1.21 bits per heavy atom. The second-order valence-corrected chi connectivity index (χ2v) is 8.11. The van der Waals surface area contributed by atoms with Gasteiger partial charge >= 0.3 is 20.3 Å². The summed E-state index contributed by atoms with van der Waals surface area (Å²) in [7, 11) is -10.9. The van der Waals surface area contributed by atoms with E-state index in [1.165, 1.54) is 12.4 Å². The van der Waals surface area contributed by atoms with Gasteiger partial charge in [0.15, 0.2) is 12.4 Å². The van der Waals surface area contributed by atoms with E-state index in [0.717, 1.165) is 10.1 Å². The van der Waals surface area contributed by atoms with E-state index < -0.39 is 26.8 Å². The van der Waals surface area contributed by atoms with E-state index in [4.69, 9.17) is 19.6 Å². The molecule has 10 heteroatoms. The molecule has 1 aromatic rings. The van der Waals surface area contributed by atoms with Crippen LogP contribution >= 0.6 is 15.2 Å². The summed E-state index contributed by atoms with van der Waals surface area (Å²) in [4.78, 5) is 36.1. The molecular formula is C9H16NO7P2+. The first-order valence-electron chi connectivity index (χ1n) is 5.33. The second-order valence-electron chi connectivity index (χ2n) is 4.10. The first kappa shape index (κ1) is 16.5. The topological polar surface area (TPSA) is 139 Å². The number of aliphatic hydroxyl groups is 1. The molecule has 1 heterocycles. The van der Waals surface area contributed by atoms with Crippen molar-refractivity contribution in [3.8, 4) is 0 Å². The van der Waals surface area contributed by atoms with Gasteiger partial charge in [-0.1, -0.05) is 6.92 Å². The molecule has 108 valence electrons. The van der Waals surface area contributed by atoms with Gasteiger partial charge in [-0.05, 0) is 12.5 Å². The molecule has 0 aliphatic rings. The summed E-state index contributed by atoms with van der Waals surface area (Å²) in [5, 5.41) is 6.32. The Kier molecular flexibility index (Phi) is 4.70. The van der Waals surface area contributed by atoms with Crippen LogP contribution in [0.2, 0.25) is 0 Å². The molecule has 0 fully saturated rings. The van der Waals surface area contributed by atoms with Gasteiger partial charge in [0.05, 0.1) is 0 Å². The monoisotopic (exact) mass is 312 g/mol. The molecule has 0 spiro atoms. The molecule has 0 amide bonds. The third-order valence-electron chi connectivity index (χ3n) is 2.66. The summed E-state index contributed by atoms with van der Waals surface area (Å²) in [5.41, 5.74) is 0.793. The van der Waals surface area contributed by atoms with Crippen molar-refractivity contribution in [2.75, 3.05) is 0 Å². The minimum atomic E-state index is -5.43. The van der Waals surface area contributed by atoms with Crippen molar-refractivity contribution in [1.82, 2.24) is 0 Å². The van der Waals surface area contributed by atoms with E-state index >= 15 is 0 Å². The zero-order valence-corrected chi connectivity index (χ0v) is 11.9. The summed E-state index contributed by atoms with van der Waals surface area (Å²) in [6, 6.07) is 3.29. The zero-order valence-electron chi connectivity index (χ0n) is 10.1. The van der Waals surface area contributed by atoms with Gasteiger partial charge in [0.1, 0.15) is 0 Å². The largest absolute Gasteiger partial charge is 0.376 e. The summed E-state index contributed by atoms with van der Waals surface area (Å²) >= 11 is 0. The maximum atomic E-state index is 11.2. The quantitative estimate of drug-likeness (QED) is 0.366. The molecule has 0 unspecified atom stereocenters. The van der Waals surface area contributed by atoms with E-state index in [9.17, 15) is 14.2 Å². The average molecular weight is 312 g/mol. The van der Waals surface area contributed by atoms with E-state index in [-0.39, 0.29) is 0 Å². The maximum Gasteiger partial charge on any atom is 0.376 e. The molecule has 8 nitrogen and oxygen atoms in total. The summed E-state index contributed by atoms with van der Waals surface area (Å²) in [6.07, 6.45) is 3.44. The number of hydrogen-bond donors (Lipinski definition) is 5. The van der Waals surface area contributed by atoms with Crippen LogP contribution < -0.4 is 4.57 Å². The predicted molar refractivity (Wildman–Crippen MR) is 65.1 cm³/mol. The molecule has 0 saturated carbocycles. The number of aryl methyl sites for hydroxylation is 1. The Bertz CT molecular complexity index is 527. The van der Waals surface area contributed by atoms with E-state index in [2.05, 4.69) is 0 Å². The Labute approximate surface area is 109 Å². The lowest BCUT2D eigenvalue weighted by atomic mass is 10.2. The molecule has 1 rings (SSSR count). The van der Waals surface area contributed by atoms with Crippen LogP contribution in [0, 0.1) is 0 Å². The van der Waals surface area contributed by atoms with E-state index in [0.29, 0.717) is 6.42 Å². The van der Waals surface area contributed by atoms with Gasteiger partial charge in [-0.25, -0.2) is 4.57 Å². The van der Waals surface area contributed by atoms with Gasteiger partial charge in [0.25, 0.3) is 0 Å². The number of hydrogen-bond acceptors (Lipinski definition) is 3. The highest BCUT2D eigenvalue weighted by Gasteiger charge is 2.62. The molecule has 0 saturated heterocycles. The van der Waals surface area contributed by atoms with Gasteiger partial charge < -0.3 is 24.7 Å². The van der Waals surface area contributed by atoms with Crippen LogP contribution in [-0.4, -0.2) is 29.8 Å². The normalized spacial score (nSPS) is 13.6. The highest BCUT2D eigenvalue weighted by atomic mass is 31.2. The van der Waals surface area contributed by atoms with Crippen molar-refractivity contribution in [3.05, 3.63) is 30.1 Å². The van der Waals surface area contributed by atoms with Crippen LogP contribution in [0.5, 0.6) is 0 Å². The molecule has 0 radical (unpaired) electrons. The fraction of sp³-hybridized carbons (Fsp3) is 0.444. The van der Waals surface area contributed by atoms with Gasteiger partial charge in [-0.15, -0.1) is 0 Å². The number of pyridine rings is 1. The molecule has 0 aliphatic heterocycles. The highest BCUT2D eigenvalue weighted by molar-refractivity contribution is 7.72. The third-order valence-corrected chi connectivity index (χ3v) is 6.37. The van der Waals surface area contributed by atoms with E-state index in [1.807, 2.05) is 6.92 Å². The first-order chi connectivity index (χ1) is 8.51. The minimum absolute atomic E-state index is 0.630. The molecular weight excluding hydrogens is 296 g/mol. The third kappa shape index (κ3) is 3.49. The molecule has 19 heavy (non-hydrogen) atoms. The predicted octanol–water partition coefficient (Wildman–Crippen LogP) is -0.462. The van der Waals surface area contributed by atoms with Crippen molar-refractivity contribution in [3.63, 3.8) is 0 Å². The summed E-state index contributed by atoms with van der Waals surface area (Å²) in [6.45, 7) is 0.938. The van der Waals surface area contributed by atoms with Gasteiger partial charge in [-0.3, -0.25) is 9.13 Å². The van der Waals surface area contributed by atoms with Gasteiger partial charge in [0, 0.05) is 11.6 Å². The second kappa shape index (κ2) is 5.42. The minimum Gasteiger partial charge on any atom is -0.363 e. The van der Waals surface area contributed by atoms with Crippen molar-refractivity contribution in [2.45, 2.75) is 25.0 Å². The molecule has 0 aromatic carbocycles. The number of rotatable bonds is 5. The van der Waals surface area contributed by atoms with Crippen LogP contribution in [-0.2, 0) is 22.1 Å². The lowest BCUT2D eigenvalue weighted by Gasteiger charge is -2.26. The Morgan fingerprint density at radius 3 is 2.16 bits per heavy atom. The molecule has 0 atom stereocenters. The number of aromatic nitrogens is 1. The fourth-order valence-corrected chi connectivity index (χ4v) is 3.54. The SMILES string of the molecule is CCc1ccc[n+](CC(O)(P(=O)(O)O)P(=O)(O)O)c1. The smallest absolute Gasteiger partial charge is 0.363 e. The lowest BCUT2D eigenvalue weighted by Crippen LogP contribution is -2.47. The Balaban J connectivity index is 3.23. The average Bonchev–Trinajstić information content (AvgIpc) is 2.26. The summed E-state index contributed by atoms with van der Waals surface area (Å²) in [5.74, 6) is 0. The zero-order chi connectivity index (χ0) is 14.9. The van der Waals surface area contributed by atoms with Crippen molar-refractivity contribution >= 4 is 15.2 Å². The maximum absolute atomic E-state index is 11.2. The van der Waals surface area contributed by atoms with Crippen molar-refractivity contribution < 1.29 is 38.4 Å². The molecule has 5 N–H and O–H groups in total. The van der Waals surface area contributed by atoms with Crippen LogP contribution in [0.4, 0.5) is 0 Å². The van der Waals surface area contributed by atoms with Crippen molar-refractivity contribution in [2.24, 2.45) is 0 Å². The Hall–Kier alpha value is -0.590. The van der Waals surface area contributed by atoms with Crippen molar-refractivity contribution in [1.29, 1.82) is 0 Å². The van der Waals surface area contributed by atoms with Crippen LogP contribution in [0.3, 0.4) is 0 Å². The van der Waals surface area contributed by atoms with Gasteiger partial charge in [0.2, 0.25) is 6.54 Å².